The molecule has 2 aromatic carbocycles. The molecule has 1 heterocycles. The van der Waals surface area contributed by atoms with E-state index >= 15 is 0 Å². The standard InChI is InChI=1S/C21H19F3OS2/c1-2-3-4-5-13-6-9-16(18(10-13)21(22,23)24)17-11-14-7-8-15(26)12-19(14)27-20(17)25/h6-12,26H,2-5H2,1H3. The topological polar surface area (TPSA) is 17.1 Å². The summed E-state index contributed by atoms with van der Waals surface area (Å²) in [5, 5.41) is 0.729. The Kier molecular flexibility index (Phi) is 5.96. The van der Waals surface area contributed by atoms with Crippen LogP contribution in [0.3, 0.4) is 0 Å². The van der Waals surface area contributed by atoms with E-state index in [1.165, 1.54) is 12.1 Å². The predicted molar refractivity (Wildman–Crippen MR) is 109 cm³/mol. The molecule has 0 fully saturated rings. The first kappa shape index (κ1) is 20.0. The Hall–Kier alpha value is -1.79. The third-order valence-corrected chi connectivity index (χ3v) is 5.73. The fourth-order valence-corrected chi connectivity index (χ4v) is 4.28. The number of rotatable bonds is 5. The summed E-state index contributed by atoms with van der Waals surface area (Å²) in [5.41, 5.74) is -0.0613. The molecule has 0 spiro atoms. The maximum absolute atomic E-state index is 13.7. The maximum atomic E-state index is 13.7. The minimum absolute atomic E-state index is 0.0557. The van der Waals surface area contributed by atoms with Gasteiger partial charge in [0, 0.05) is 15.2 Å². The number of hydrogen-bond acceptors (Lipinski definition) is 3. The lowest BCUT2D eigenvalue weighted by Gasteiger charge is -2.15. The third-order valence-electron chi connectivity index (χ3n) is 4.47. The monoisotopic (exact) mass is 408 g/mol. The Morgan fingerprint density at radius 2 is 1.78 bits per heavy atom. The molecule has 0 bridgehead atoms. The Bertz CT molecular complexity index is 1020. The molecule has 1 nitrogen and oxygen atoms in total. The van der Waals surface area contributed by atoms with Gasteiger partial charge in [-0.15, -0.1) is 12.6 Å². The molecule has 142 valence electrons. The van der Waals surface area contributed by atoms with E-state index in [2.05, 4.69) is 19.6 Å². The quantitative estimate of drug-likeness (QED) is 0.356. The van der Waals surface area contributed by atoms with Crippen LogP contribution in [0.2, 0.25) is 0 Å². The van der Waals surface area contributed by atoms with Gasteiger partial charge in [0.15, 0.2) is 0 Å². The lowest BCUT2D eigenvalue weighted by atomic mass is 9.96. The van der Waals surface area contributed by atoms with E-state index in [0.29, 0.717) is 21.6 Å². The molecule has 0 atom stereocenters. The summed E-state index contributed by atoms with van der Waals surface area (Å²) in [4.78, 5) is 13.3. The molecule has 0 aliphatic rings. The molecule has 6 heteroatoms. The van der Waals surface area contributed by atoms with Crippen molar-refractivity contribution in [2.45, 2.75) is 43.7 Å². The highest BCUT2D eigenvalue weighted by molar-refractivity contribution is 7.80. The average molecular weight is 409 g/mol. The molecular weight excluding hydrogens is 389 g/mol. The first-order valence-corrected chi connectivity index (χ1v) is 10.0. The highest BCUT2D eigenvalue weighted by atomic mass is 32.1. The Balaban J connectivity index is 2.12. The Morgan fingerprint density at radius 1 is 1.00 bits per heavy atom. The summed E-state index contributed by atoms with van der Waals surface area (Å²) < 4.78 is 41.4. The van der Waals surface area contributed by atoms with E-state index in [0.717, 1.165) is 36.0 Å². The highest BCUT2D eigenvalue weighted by Gasteiger charge is 2.34. The number of fused-ring (bicyclic) bond motifs is 1. The SMILES string of the molecule is CCCCCc1ccc(-c2cc3ccc(S)cc3sc2=O)c(C(F)(F)F)c1. The molecule has 0 aliphatic carbocycles. The van der Waals surface area contributed by atoms with E-state index in [4.69, 9.17) is 0 Å². The summed E-state index contributed by atoms with van der Waals surface area (Å²) in [7, 11) is 0. The van der Waals surface area contributed by atoms with Crippen LogP contribution < -0.4 is 4.74 Å². The zero-order chi connectivity index (χ0) is 19.6. The summed E-state index contributed by atoms with van der Waals surface area (Å²) in [6.45, 7) is 2.05. The van der Waals surface area contributed by atoms with E-state index < -0.39 is 11.7 Å². The molecular formula is C21H19F3OS2. The Labute approximate surface area is 165 Å². The second kappa shape index (κ2) is 8.07. The normalized spacial score (nSPS) is 11.9. The van der Waals surface area contributed by atoms with Crippen LogP contribution in [0.25, 0.3) is 21.2 Å². The predicted octanol–water partition coefficient (Wildman–Crippen LogP) is 6.97. The zero-order valence-electron chi connectivity index (χ0n) is 14.8. The number of aryl methyl sites for hydroxylation is 1. The molecule has 1 aromatic heterocycles. The van der Waals surface area contributed by atoms with Gasteiger partial charge >= 0.3 is 6.18 Å². The molecule has 0 unspecified atom stereocenters. The molecule has 0 N–H and O–H groups in total. The second-order valence-electron chi connectivity index (χ2n) is 6.50. The van der Waals surface area contributed by atoms with Crippen molar-refractivity contribution in [3.05, 3.63) is 63.1 Å². The van der Waals surface area contributed by atoms with Gasteiger partial charge in [0.25, 0.3) is 0 Å². The number of thiol groups is 1. The maximum Gasteiger partial charge on any atom is 0.417 e. The third kappa shape index (κ3) is 4.55. The van der Waals surface area contributed by atoms with Gasteiger partial charge in [0.1, 0.15) is 0 Å². The van der Waals surface area contributed by atoms with Gasteiger partial charge in [-0.1, -0.05) is 49.3 Å². The summed E-state index contributed by atoms with van der Waals surface area (Å²) >= 11 is 5.19. The van der Waals surface area contributed by atoms with Gasteiger partial charge < -0.3 is 0 Å². The van der Waals surface area contributed by atoms with Gasteiger partial charge in [-0.2, -0.15) is 13.2 Å². The van der Waals surface area contributed by atoms with Crippen molar-refractivity contribution in [2.75, 3.05) is 0 Å². The van der Waals surface area contributed by atoms with E-state index in [9.17, 15) is 18.0 Å². The fraction of sp³-hybridized carbons (Fsp3) is 0.286. The number of unbranched alkanes of at least 4 members (excludes halogenated alkanes) is 2. The van der Waals surface area contributed by atoms with Crippen molar-refractivity contribution < 1.29 is 13.2 Å². The van der Waals surface area contributed by atoms with Gasteiger partial charge in [-0.3, -0.25) is 4.79 Å². The van der Waals surface area contributed by atoms with Crippen molar-refractivity contribution in [3.8, 4) is 11.1 Å². The van der Waals surface area contributed by atoms with E-state index in [1.54, 1.807) is 30.3 Å². The summed E-state index contributed by atoms with van der Waals surface area (Å²) in [5.74, 6) is 0. The molecule has 3 aromatic rings. The molecule has 0 radical (unpaired) electrons. The van der Waals surface area contributed by atoms with Crippen molar-refractivity contribution in [3.63, 3.8) is 0 Å². The molecule has 27 heavy (non-hydrogen) atoms. The lowest BCUT2D eigenvalue weighted by molar-refractivity contribution is -0.137. The first-order valence-electron chi connectivity index (χ1n) is 8.77. The van der Waals surface area contributed by atoms with Crippen LogP contribution in [-0.4, -0.2) is 0 Å². The van der Waals surface area contributed by atoms with E-state index in [1.807, 2.05) is 0 Å². The van der Waals surface area contributed by atoms with Crippen LogP contribution in [0.5, 0.6) is 0 Å². The van der Waals surface area contributed by atoms with Gasteiger partial charge in [0.05, 0.1) is 5.56 Å². The molecule has 0 amide bonds. The van der Waals surface area contributed by atoms with Crippen molar-refractivity contribution in [2.24, 2.45) is 0 Å². The molecule has 3 rings (SSSR count). The zero-order valence-corrected chi connectivity index (χ0v) is 16.5. The minimum atomic E-state index is -4.52. The van der Waals surface area contributed by atoms with Crippen LogP contribution in [0.1, 0.15) is 37.3 Å². The van der Waals surface area contributed by atoms with Crippen LogP contribution >= 0.6 is 24.0 Å². The average Bonchev–Trinajstić information content (AvgIpc) is 2.60. The number of halogens is 3. The molecule has 0 aliphatic heterocycles. The number of hydrogen-bond donors (Lipinski definition) is 1. The Morgan fingerprint density at radius 3 is 2.48 bits per heavy atom. The van der Waals surface area contributed by atoms with Crippen LogP contribution in [0, 0.1) is 0 Å². The van der Waals surface area contributed by atoms with Crippen LogP contribution in [0.4, 0.5) is 13.2 Å². The first-order chi connectivity index (χ1) is 12.8. The minimum Gasteiger partial charge on any atom is -0.277 e. The van der Waals surface area contributed by atoms with Crippen molar-refractivity contribution in [1.29, 1.82) is 0 Å². The summed E-state index contributed by atoms with van der Waals surface area (Å²) in [6, 6.07) is 11.1. The number of alkyl halides is 3. The largest absolute Gasteiger partial charge is 0.417 e. The second-order valence-corrected chi connectivity index (χ2v) is 8.04. The van der Waals surface area contributed by atoms with Crippen molar-refractivity contribution >= 4 is 34.1 Å². The fourth-order valence-electron chi connectivity index (χ4n) is 3.08. The number of benzene rings is 2. The van der Waals surface area contributed by atoms with Crippen molar-refractivity contribution in [1.82, 2.24) is 0 Å². The molecule has 0 saturated carbocycles. The van der Waals surface area contributed by atoms with Gasteiger partial charge in [-0.05, 0) is 53.6 Å². The molecule has 0 saturated heterocycles. The van der Waals surface area contributed by atoms with Crippen LogP contribution in [-0.2, 0) is 12.6 Å². The van der Waals surface area contributed by atoms with Gasteiger partial charge in [0.2, 0.25) is 4.74 Å². The summed E-state index contributed by atoms with van der Waals surface area (Å²) in [6.07, 6.45) is -1.07. The highest BCUT2D eigenvalue weighted by Crippen LogP contribution is 2.38. The van der Waals surface area contributed by atoms with Gasteiger partial charge in [-0.25, -0.2) is 0 Å². The van der Waals surface area contributed by atoms with Crippen LogP contribution in [0.15, 0.2) is 52.2 Å². The van der Waals surface area contributed by atoms with E-state index in [-0.39, 0.29) is 15.9 Å². The smallest absolute Gasteiger partial charge is 0.277 e. The lowest BCUT2D eigenvalue weighted by Crippen LogP contribution is -2.11.